The van der Waals surface area contributed by atoms with Crippen LogP contribution in [0.15, 0.2) is 54.4 Å². The molecule has 2 aromatic rings. The highest BCUT2D eigenvalue weighted by Gasteiger charge is 2.25. The first kappa shape index (κ1) is 15.0. The molecule has 0 spiro atoms. The summed E-state index contributed by atoms with van der Waals surface area (Å²) in [5, 5.41) is 11.9. The molecular weight excluding hydrogens is 294 g/mol. The Morgan fingerprint density at radius 1 is 1.43 bits per heavy atom. The van der Waals surface area contributed by atoms with Gasteiger partial charge in [-0.2, -0.15) is 0 Å². The van der Waals surface area contributed by atoms with Crippen molar-refractivity contribution < 1.29 is 14.7 Å². The van der Waals surface area contributed by atoms with Gasteiger partial charge in [0.15, 0.2) is 0 Å². The van der Waals surface area contributed by atoms with Crippen LogP contribution in [0.4, 0.5) is 0 Å². The number of fused-ring (bicyclic) bond motifs is 1. The Morgan fingerprint density at radius 3 is 2.96 bits per heavy atom. The normalized spacial score (nSPS) is 20.3. The van der Waals surface area contributed by atoms with Crippen molar-refractivity contribution in [1.29, 1.82) is 0 Å². The fraction of sp³-hybridized carbons (Fsp3) is 0.235. The van der Waals surface area contributed by atoms with E-state index < -0.39 is 5.97 Å². The molecule has 1 amide bonds. The Labute approximate surface area is 133 Å². The van der Waals surface area contributed by atoms with E-state index in [1.54, 1.807) is 28.9 Å². The third-order valence-electron chi connectivity index (χ3n) is 4.00. The van der Waals surface area contributed by atoms with Crippen LogP contribution in [-0.2, 0) is 4.79 Å². The van der Waals surface area contributed by atoms with Crippen LogP contribution < -0.4 is 5.32 Å². The number of aromatic nitrogens is 2. The van der Waals surface area contributed by atoms with Crippen molar-refractivity contribution in [2.45, 2.75) is 13.3 Å². The summed E-state index contributed by atoms with van der Waals surface area (Å²) < 4.78 is 1.73. The first-order valence-electron chi connectivity index (χ1n) is 7.31. The number of hydrogen-bond acceptors (Lipinski definition) is 3. The van der Waals surface area contributed by atoms with Gasteiger partial charge in [-0.1, -0.05) is 31.2 Å². The van der Waals surface area contributed by atoms with Gasteiger partial charge in [0.05, 0.1) is 11.8 Å². The summed E-state index contributed by atoms with van der Waals surface area (Å²) in [6, 6.07) is 5.54. The zero-order valence-corrected chi connectivity index (χ0v) is 12.7. The molecular formula is C17H17N3O3. The van der Waals surface area contributed by atoms with Crippen molar-refractivity contribution in [2.24, 2.45) is 5.41 Å². The summed E-state index contributed by atoms with van der Waals surface area (Å²) in [5.41, 5.74) is 1.19. The zero-order valence-electron chi connectivity index (χ0n) is 12.7. The SMILES string of the molecule is CC1(CNC(=O)c2cnc3ccccn23)C=CC(C(=O)O)=CC1. The Morgan fingerprint density at radius 2 is 2.26 bits per heavy atom. The molecule has 0 radical (unpaired) electrons. The molecule has 1 unspecified atom stereocenters. The molecule has 0 aliphatic heterocycles. The predicted molar refractivity (Wildman–Crippen MR) is 85.1 cm³/mol. The molecule has 2 heterocycles. The van der Waals surface area contributed by atoms with Gasteiger partial charge in [0.25, 0.3) is 5.91 Å². The summed E-state index contributed by atoms with van der Waals surface area (Å²) in [6.07, 6.45) is 9.02. The maximum Gasteiger partial charge on any atom is 0.335 e. The van der Waals surface area contributed by atoms with Crippen LogP contribution >= 0.6 is 0 Å². The number of nitrogens with zero attached hydrogens (tertiary/aromatic N) is 2. The summed E-state index contributed by atoms with van der Waals surface area (Å²) in [5.74, 6) is -1.13. The third kappa shape index (κ3) is 3.01. The van der Waals surface area contributed by atoms with E-state index in [1.165, 1.54) is 0 Å². The Balaban J connectivity index is 1.68. The number of aliphatic carboxylic acids is 1. The Bertz CT molecular complexity index is 834. The largest absolute Gasteiger partial charge is 0.478 e. The van der Waals surface area contributed by atoms with E-state index in [2.05, 4.69) is 10.3 Å². The molecule has 0 saturated heterocycles. The van der Waals surface area contributed by atoms with Crippen LogP contribution in [0, 0.1) is 5.41 Å². The number of carbonyl (C=O) groups excluding carboxylic acids is 1. The van der Waals surface area contributed by atoms with E-state index >= 15 is 0 Å². The number of carbonyl (C=O) groups is 2. The molecule has 0 saturated carbocycles. The van der Waals surface area contributed by atoms with Crippen LogP contribution in [-0.4, -0.2) is 32.9 Å². The number of nitrogens with one attached hydrogen (secondary N) is 1. The van der Waals surface area contributed by atoms with Crippen molar-refractivity contribution in [3.63, 3.8) is 0 Å². The molecule has 23 heavy (non-hydrogen) atoms. The fourth-order valence-corrected chi connectivity index (χ4v) is 2.53. The lowest BCUT2D eigenvalue weighted by Crippen LogP contribution is -2.35. The summed E-state index contributed by atoms with van der Waals surface area (Å²) >= 11 is 0. The molecule has 1 aliphatic rings. The second kappa shape index (κ2) is 5.72. The molecule has 0 fully saturated rings. The van der Waals surface area contributed by atoms with Crippen molar-refractivity contribution >= 4 is 17.5 Å². The van der Waals surface area contributed by atoms with Crippen LogP contribution in [0.5, 0.6) is 0 Å². The molecule has 118 valence electrons. The molecule has 0 bridgehead atoms. The topological polar surface area (TPSA) is 83.7 Å². The summed E-state index contributed by atoms with van der Waals surface area (Å²) in [6.45, 7) is 2.40. The second-order valence-electron chi connectivity index (χ2n) is 5.91. The first-order valence-corrected chi connectivity index (χ1v) is 7.31. The number of rotatable bonds is 4. The summed E-state index contributed by atoms with van der Waals surface area (Å²) in [4.78, 5) is 27.5. The lowest BCUT2D eigenvalue weighted by Gasteiger charge is -2.27. The molecule has 6 nitrogen and oxygen atoms in total. The standard InChI is InChI=1S/C17H17N3O3/c1-17(7-5-12(6-8-17)16(22)23)11-19-15(21)13-10-18-14-4-2-3-9-20(13)14/h2-7,9-10H,8,11H2,1H3,(H,19,21)(H,22,23). The Hall–Kier alpha value is -2.89. The molecule has 0 aromatic carbocycles. The van der Waals surface area contributed by atoms with Gasteiger partial charge in [0, 0.05) is 18.2 Å². The van der Waals surface area contributed by atoms with Gasteiger partial charge in [-0.05, 0) is 18.6 Å². The molecule has 2 N–H and O–H groups in total. The van der Waals surface area contributed by atoms with Crippen LogP contribution in [0.2, 0.25) is 0 Å². The highest BCUT2D eigenvalue weighted by molar-refractivity contribution is 5.93. The zero-order chi connectivity index (χ0) is 16.4. The van der Waals surface area contributed by atoms with Gasteiger partial charge in [-0.15, -0.1) is 0 Å². The lowest BCUT2D eigenvalue weighted by atomic mass is 9.82. The number of imidazole rings is 1. The summed E-state index contributed by atoms with van der Waals surface area (Å²) in [7, 11) is 0. The van der Waals surface area contributed by atoms with Gasteiger partial charge in [0.1, 0.15) is 11.3 Å². The lowest BCUT2D eigenvalue weighted by molar-refractivity contribution is -0.132. The average Bonchev–Trinajstić information content (AvgIpc) is 2.97. The maximum absolute atomic E-state index is 12.4. The number of hydrogen-bond donors (Lipinski definition) is 2. The number of pyridine rings is 1. The molecule has 1 atom stereocenters. The maximum atomic E-state index is 12.4. The highest BCUT2D eigenvalue weighted by Crippen LogP contribution is 2.28. The van der Waals surface area contributed by atoms with E-state index in [4.69, 9.17) is 5.11 Å². The Kier molecular flexibility index (Phi) is 3.73. The van der Waals surface area contributed by atoms with Crippen molar-refractivity contribution in [3.8, 4) is 0 Å². The van der Waals surface area contributed by atoms with E-state index in [9.17, 15) is 9.59 Å². The number of carboxylic acids is 1. The minimum Gasteiger partial charge on any atom is -0.478 e. The number of carboxylic acid groups (broad SMARTS) is 1. The van der Waals surface area contributed by atoms with Gasteiger partial charge < -0.3 is 10.4 Å². The quantitative estimate of drug-likeness (QED) is 0.905. The first-order chi connectivity index (χ1) is 11.0. The molecule has 3 rings (SSSR count). The van der Waals surface area contributed by atoms with Gasteiger partial charge in [0.2, 0.25) is 0 Å². The second-order valence-corrected chi connectivity index (χ2v) is 5.91. The minimum absolute atomic E-state index is 0.202. The monoisotopic (exact) mass is 311 g/mol. The highest BCUT2D eigenvalue weighted by atomic mass is 16.4. The van der Waals surface area contributed by atoms with Crippen LogP contribution in [0.25, 0.3) is 5.65 Å². The van der Waals surface area contributed by atoms with Crippen molar-refractivity contribution in [1.82, 2.24) is 14.7 Å². The smallest absolute Gasteiger partial charge is 0.335 e. The minimum atomic E-state index is -0.932. The van der Waals surface area contributed by atoms with E-state index in [0.29, 0.717) is 18.7 Å². The predicted octanol–water partition coefficient (Wildman–Crippen LogP) is 2.04. The molecule has 1 aliphatic carbocycles. The van der Waals surface area contributed by atoms with Gasteiger partial charge in [-0.25, -0.2) is 9.78 Å². The molecule has 2 aromatic heterocycles. The number of amides is 1. The van der Waals surface area contributed by atoms with Crippen molar-refractivity contribution in [3.05, 3.63) is 60.1 Å². The molecule has 6 heteroatoms. The van der Waals surface area contributed by atoms with Crippen LogP contribution in [0.1, 0.15) is 23.8 Å². The average molecular weight is 311 g/mol. The van der Waals surface area contributed by atoms with Crippen molar-refractivity contribution in [2.75, 3.05) is 6.54 Å². The third-order valence-corrected chi connectivity index (χ3v) is 4.00. The van der Waals surface area contributed by atoms with Gasteiger partial charge in [-0.3, -0.25) is 9.20 Å². The van der Waals surface area contributed by atoms with Gasteiger partial charge >= 0.3 is 5.97 Å². The van der Waals surface area contributed by atoms with Crippen LogP contribution in [0.3, 0.4) is 0 Å². The number of allylic oxidation sites excluding steroid dienone is 1. The van der Waals surface area contributed by atoms with E-state index in [-0.39, 0.29) is 16.9 Å². The van der Waals surface area contributed by atoms with E-state index in [1.807, 2.05) is 31.2 Å². The van der Waals surface area contributed by atoms with E-state index in [0.717, 1.165) is 5.65 Å². The fourth-order valence-electron chi connectivity index (χ4n) is 2.53.